The Hall–Kier alpha value is -2.73. The second-order valence-electron chi connectivity index (χ2n) is 8.63. The Labute approximate surface area is 182 Å². The van der Waals surface area contributed by atoms with E-state index < -0.39 is 17.6 Å². The van der Waals surface area contributed by atoms with Crippen LogP contribution in [0.4, 0.5) is 0 Å². The monoisotopic (exact) mass is 422 g/mol. The van der Waals surface area contributed by atoms with Crippen molar-refractivity contribution in [3.05, 3.63) is 53.6 Å². The first kappa shape index (κ1) is 21.5. The van der Waals surface area contributed by atoms with E-state index in [2.05, 4.69) is 25.4 Å². The van der Waals surface area contributed by atoms with Crippen molar-refractivity contribution in [2.75, 3.05) is 26.2 Å². The molecule has 0 spiro atoms. The van der Waals surface area contributed by atoms with Gasteiger partial charge in [0.05, 0.1) is 29.8 Å². The van der Waals surface area contributed by atoms with Crippen LogP contribution in [0, 0.1) is 11.3 Å². The van der Waals surface area contributed by atoms with Crippen LogP contribution in [0.2, 0.25) is 0 Å². The Bertz CT molecular complexity index is 942. The molecule has 1 aliphatic heterocycles. The zero-order valence-electron chi connectivity index (χ0n) is 17.8. The lowest BCUT2D eigenvalue weighted by Gasteiger charge is -2.50. The predicted molar refractivity (Wildman–Crippen MR) is 116 cm³/mol. The minimum atomic E-state index is -0.915. The number of hydrogen-bond acceptors (Lipinski definition) is 6. The van der Waals surface area contributed by atoms with Crippen molar-refractivity contribution in [3.63, 3.8) is 0 Å². The lowest BCUT2D eigenvalue weighted by Crippen LogP contribution is -2.68. The molecular weight excluding hydrogens is 392 g/mol. The van der Waals surface area contributed by atoms with E-state index in [1.165, 1.54) is 0 Å². The summed E-state index contributed by atoms with van der Waals surface area (Å²) in [5, 5.41) is 19.6. The lowest BCUT2D eigenvalue weighted by molar-refractivity contribution is -0.146. The summed E-state index contributed by atoms with van der Waals surface area (Å²) in [6.07, 6.45) is 6.20. The minimum absolute atomic E-state index is 0.395. The molecule has 31 heavy (non-hydrogen) atoms. The van der Waals surface area contributed by atoms with Crippen LogP contribution in [0.5, 0.6) is 0 Å². The molecule has 2 atom stereocenters. The van der Waals surface area contributed by atoms with Gasteiger partial charge >= 0.3 is 0 Å². The van der Waals surface area contributed by atoms with Crippen LogP contribution in [-0.2, 0) is 17.9 Å². The van der Waals surface area contributed by atoms with Crippen LogP contribution in [0.3, 0.4) is 0 Å². The van der Waals surface area contributed by atoms with Crippen molar-refractivity contribution >= 4 is 5.91 Å². The van der Waals surface area contributed by atoms with Gasteiger partial charge in [-0.05, 0) is 30.5 Å². The predicted octanol–water partition coefficient (Wildman–Crippen LogP) is 1.08. The van der Waals surface area contributed by atoms with Gasteiger partial charge in [0.1, 0.15) is 5.54 Å². The van der Waals surface area contributed by atoms with E-state index in [0.29, 0.717) is 38.0 Å². The van der Waals surface area contributed by atoms with E-state index in [0.717, 1.165) is 43.7 Å². The fourth-order valence-electron chi connectivity index (χ4n) is 4.99. The van der Waals surface area contributed by atoms with Crippen LogP contribution < -0.4 is 5.73 Å². The van der Waals surface area contributed by atoms with Gasteiger partial charge < -0.3 is 15.4 Å². The fraction of sp³-hybridized carbons (Fsp3) is 0.522. The number of piperazine rings is 1. The zero-order chi connectivity index (χ0) is 21.8. The van der Waals surface area contributed by atoms with E-state index in [1.54, 1.807) is 0 Å². The highest BCUT2D eigenvalue weighted by Gasteiger charge is 2.50. The van der Waals surface area contributed by atoms with Crippen molar-refractivity contribution in [1.29, 1.82) is 5.26 Å². The molecule has 3 N–H and O–H groups in total. The number of amides is 1. The molecule has 1 aromatic heterocycles. The Balaban J connectivity index is 1.38. The topological polar surface area (TPSA) is 111 Å². The number of rotatable bonds is 6. The van der Waals surface area contributed by atoms with Gasteiger partial charge in [-0.15, -0.1) is 0 Å². The van der Waals surface area contributed by atoms with Crippen molar-refractivity contribution in [2.45, 2.75) is 50.4 Å². The second-order valence-corrected chi connectivity index (χ2v) is 8.63. The largest absolute Gasteiger partial charge is 0.391 e. The third kappa shape index (κ3) is 4.35. The summed E-state index contributed by atoms with van der Waals surface area (Å²) in [5.41, 5.74) is 7.79. The molecular formula is C23H30N6O2. The maximum atomic E-state index is 12.4. The highest BCUT2D eigenvalue weighted by molar-refractivity contribution is 5.85. The number of carbonyl (C=O) groups excluding carboxylic acids is 1. The Morgan fingerprint density at radius 3 is 2.58 bits per heavy atom. The SMILES string of the molecule is N#Cc1ccc(Cn2cncc2CN2CCN(C3(C(N)=O)CCCCC3O)CC2)cc1. The van der Waals surface area contributed by atoms with Crippen molar-refractivity contribution in [1.82, 2.24) is 19.4 Å². The molecule has 8 nitrogen and oxygen atoms in total. The van der Waals surface area contributed by atoms with E-state index in [1.807, 2.05) is 36.8 Å². The van der Waals surface area contributed by atoms with Crippen LogP contribution in [0.25, 0.3) is 0 Å². The maximum absolute atomic E-state index is 12.4. The molecule has 1 aromatic carbocycles. The molecule has 8 heteroatoms. The maximum Gasteiger partial charge on any atom is 0.240 e. The van der Waals surface area contributed by atoms with E-state index >= 15 is 0 Å². The molecule has 2 unspecified atom stereocenters. The molecule has 0 bridgehead atoms. The third-order valence-corrected chi connectivity index (χ3v) is 6.82. The molecule has 1 aliphatic carbocycles. The number of aliphatic hydroxyl groups excluding tert-OH is 1. The lowest BCUT2D eigenvalue weighted by atomic mass is 9.76. The van der Waals surface area contributed by atoms with Gasteiger partial charge in [0, 0.05) is 45.5 Å². The summed E-state index contributed by atoms with van der Waals surface area (Å²) in [7, 11) is 0. The van der Waals surface area contributed by atoms with E-state index in [9.17, 15) is 9.90 Å². The highest BCUT2D eigenvalue weighted by Crippen LogP contribution is 2.34. The number of nitriles is 1. The number of imidazole rings is 1. The summed E-state index contributed by atoms with van der Waals surface area (Å²) in [5.74, 6) is -0.395. The van der Waals surface area contributed by atoms with Crippen molar-refractivity contribution < 1.29 is 9.90 Å². The third-order valence-electron chi connectivity index (χ3n) is 6.82. The number of benzene rings is 1. The van der Waals surface area contributed by atoms with Crippen LogP contribution in [-0.4, -0.2) is 68.2 Å². The standard InChI is InChI=1S/C23H30N6O2/c24-13-18-4-6-19(7-5-18)15-28-17-26-14-20(28)16-27-9-11-29(12-10-27)23(22(25)31)8-2-1-3-21(23)30/h4-7,14,17,21,30H,1-3,8-12,15-16H2,(H2,25,31). The molecule has 164 valence electrons. The zero-order valence-corrected chi connectivity index (χ0v) is 17.8. The summed E-state index contributed by atoms with van der Waals surface area (Å²) in [4.78, 5) is 21.2. The molecule has 2 heterocycles. The van der Waals surface area contributed by atoms with Crippen molar-refractivity contribution in [3.8, 4) is 6.07 Å². The molecule has 1 saturated heterocycles. The van der Waals surface area contributed by atoms with Gasteiger partial charge in [0.15, 0.2) is 0 Å². The van der Waals surface area contributed by atoms with Gasteiger partial charge in [-0.25, -0.2) is 4.98 Å². The molecule has 2 aromatic rings. The molecule has 1 amide bonds. The quantitative estimate of drug-likeness (QED) is 0.721. The van der Waals surface area contributed by atoms with Crippen molar-refractivity contribution in [2.24, 2.45) is 5.73 Å². The number of primary amides is 1. The normalized spacial score (nSPS) is 25.2. The summed E-state index contributed by atoms with van der Waals surface area (Å²) >= 11 is 0. The fourth-order valence-corrected chi connectivity index (χ4v) is 4.99. The summed E-state index contributed by atoms with van der Waals surface area (Å²) < 4.78 is 2.13. The Kier molecular flexibility index (Phi) is 6.37. The number of aromatic nitrogens is 2. The molecule has 1 saturated carbocycles. The first-order valence-electron chi connectivity index (χ1n) is 11.0. The number of nitrogens with two attached hydrogens (primary N) is 1. The Morgan fingerprint density at radius 1 is 1.19 bits per heavy atom. The number of aliphatic hydroxyl groups is 1. The van der Waals surface area contributed by atoms with Gasteiger partial charge in [-0.3, -0.25) is 14.6 Å². The highest BCUT2D eigenvalue weighted by atomic mass is 16.3. The second kappa shape index (κ2) is 9.18. The van der Waals surface area contributed by atoms with Crippen LogP contribution >= 0.6 is 0 Å². The molecule has 0 radical (unpaired) electrons. The summed E-state index contributed by atoms with van der Waals surface area (Å²) in [6, 6.07) is 9.75. The van der Waals surface area contributed by atoms with Gasteiger partial charge in [0.25, 0.3) is 0 Å². The smallest absolute Gasteiger partial charge is 0.240 e. The van der Waals surface area contributed by atoms with Crippen LogP contribution in [0.15, 0.2) is 36.8 Å². The number of carbonyl (C=O) groups is 1. The number of nitrogens with zero attached hydrogens (tertiary/aromatic N) is 5. The first-order chi connectivity index (χ1) is 15.0. The average molecular weight is 423 g/mol. The molecule has 4 rings (SSSR count). The summed E-state index contributed by atoms with van der Waals surface area (Å²) in [6.45, 7) is 4.52. The first-order valence-corrected chi connectivity index (χ1v) is 11.0. The van der Waals surface area contributed by atoms with Gasteiger partial charge in [0.2, 0.25) is 5.91 Å². The average Bonchev–Trinajstić information content (AvgIpc) is 3.21. The van der Waals surface area contributed by atoms with E-state index in [4.69, 9.17) is 11.0 Å². The van der Waals surface area contributed by atoms with Gasteiger partial charge in [-0.1, -0.05) is 25.0 Å². The Morgan fingerprint density at radius 2 is 1.94 bits per heavy atom. The van der Waals surface area contributed by atoms with E-state index in [-0.39, 0.29) is 0 Å². The molecule has 2 fully saturated rings. The number of hydrogen-bond donors (Lipinski definition) is 2. The minimum Gasteiger partial charge on any atom is -0.391 e. The van der Waals surface area contributed by atoms with Crippen LogP contribution in [0.1, 0.15) is 42.5 Å². The van der Waals surface area contributed by atoms with Gasteiger partial charge in [-0.2, -0.15) is 5.26 Å². The molecule has 2 aliphatic rings.